The molecule has 0 radical (unpaired) electrons. The molecule has 2 heterocycles. The van der Waals surface area contributed by atoms with Gasteiger partial charge >= 0.3 is 12.0 Å². The molecular weight excluding hydrogens is 465 g/mol. The van der Waals surface area contributed by atoms with Crippen molar-refractivity contribution in [2.24, 2.45) is 0 Å². The van der Waals surface area contributed by atoms with E-state index in [1.54, 1.807) is 32.0 Å². The molecule has 0 saturated heterocycles. The van der Waals surface area contributed by atoms with Crippen LogP contribution >= 0.6 is 0 Å². The number of hydrogen-bond acceptors (Lipinski definition) is 5. The minimum Gasteiger partial charge on any atom is -0.482 e. The Bertz CT molecular complexity index is 1260. The molecule has 0 spiro atoms. The van der Waals surface area contributed by atoms with E-state index in [2.05, 4.69) is 20.5 Å². The van der Waals surface area contributed by atoms with E-state index in [0.717, 1.165) is 4.68 Å². The number of nitrogens with zero attached hydrogens (tertiary/aromatic N) is 2. The lowest BCUT2D eigenvalue weighted by Crippen LogP contribution is -2.34. The van der Waals surface area contributed by atoms with E-state index in [1.807, 2.05) is 0 Å². The summed E-state index contributed by atoms with van der Waals surface area (Å²) >= 11 is 0. The van der Waals surface area contributed by atoms with Crippen LogP contribution in [0.2, 0.25) is 0 Å². The lowest BCUT2D eigenvalue weighted by Gasteiger charge is -2.20. The number of alkyl halides is 2. The molecule has 2 amide bonds. The van der Waals surface area contributed by atoms with Crippen LogP contribution in [0.3, 0.4) is 0 Å². The number of hydrogen-bond donors (Lipinski definition) is 2. The summed E-state index contributed by atoms with van der Waals surface area (Å²) in [5.74, 6) is -3.75. The minimum atomic E-state index is -3.44. The molecule has 0 fully saturated rings. The molecule has 2 aromatic carbocycles. The van der Waals surface area contributed by atoms with Gasteiger partial charge in [-0.3, -0.25) is 9.48 Å². The largest absolute Gasteiger partial charge is 0.482 e. The van der Waals surface area contributed by atoms with Gasteiger partial charge < -0.3 is 20.1 Å². The second-order valence-electron chi connectivity index (χ2n) is 7.98. The topological polar surface area (TPSA) is 94.5 Å². The Morgan fingerprint density at radius 2 is 1.94 bits per heavy atom. The number of benzene rings is 2. The first-order valence-corrected chi connectivity index (χ1v) is 10.9. The fraction of sp³-hybridized carbons (Fsp3) is 0.292. The van der Waals surface area contributed by atoms with Gasteiger partial charge in [0.25, 0.3) is 5.91 Å². The molecular formula is C24H23F3N4O4. The van der Waals surface area contributed by atoms with E-state index in [-0.39, 0.29) is 19.1 Å². The zero-order chi connectivity index (χ0) is 25.2. The van der Waals surface area contributed by atoms with Crippen molar-refractivity contribution in [2.75, 3.05) is 25.1 Å². The van der Waals surface area contributed by atoms with Crippen LogP contribution in [0.1, 0.15) is 12.6 Å². The Morgan fingerprint density at radius 3 is 2.66 bits per heavy atom. The van der Waals surface area contributed by atoms with E-state index in [4.69, 9.17) is 4.74 Å². The molecule has 0 bridgehead atoms. The number of halogens is 3. The predicted molar refractivity (Wildman–Crippen MR) is 122 cm³/mol. The normalized spacial score (nSPS) is 13.0. The van der Waals surface area contributed by atoms with Crippen LogP contribution < -0.4 is 15.4 Å². The van der Waals surface area contributed by atoms with E-state index in [9.17, 15) is 22.8 Å². The van der Waals surface area contributed by atoms with Gasteiger partial charge in [0, 0.05) is 17.7 Å². The van der Waals surface area contributed by atoms with E-state index in [1.165, 1.54) is 24.3 Å². The SMILES string of the molecule is CCNC(=O)OCC(F)(F)Cn1nc(C)c(-c2ccc3c(c2)NC(=O)CO3)c1-c1ccc(F)cc1. The van der Waals surface area contributed by atoms with Crippen LogP contribution in [-0.4, -0.2) is 47.5 Å². The van der Waals surface area contributed by atoms with Crippen molar-refractivity contribution < 1.29 is 32.2 Å². The second-order valence-corrected chi connectivity index (χ2v) is 7.98. The summed E-state index contributed by atoms with van der Waals surface area (Å²) in [6.45, 7) is 1.42. The molecule has 0 saturated carbocycles. The number of nitrogens with one attached hydrogen (secondary N) is 2. The summed E-state index contributed by atoms with van der Waals surface area (Å²) in [6.07, 6.45) is -0.943. The first kappa shape index (κ1) is 24.1. The molecule has 0 unspecified atom stereocenters. The highest BCUT2D eigenvalue weighted by molar-refractivity contribution is 5.97. The van der Waals surface area contributed by atoms with Crippen molar-refractivity contribution >= 4 is 17.7 Å². The summed E-state index contributed by atoms with van der Waals surface area (Å²) < 4.78 is 54.3. The highest BCUT2D eigenvalue weighted by Gasteiger charge is 2.34. The summed E-state index contributed by atoms with van der Waals surface area (Å²) in [7, 11) is 0. The van der Waals surface area contributed by atoms with Gasteiger partial charge in [-0.25, -0.2) is 18.0 Å². The number of alkyl carbamates (subject to hydrolysis) is 1. The average molecular weight is 488 g/mol. The second kappa shape index (κ2) is 9.69. The van der Waals surface area contributed by atoms with Crippen LogP contribution in [0.4, 0.5) is 23.7 Å². The predicted octanol–water partition coefficient (Wildman–Crippen LogP) is 4.38. The summed E-state index contributed by atoms with van der Waals surface area (Å²) in [5.41, 5.74) is 2.78. The zero-order valence-electron chi connectivity index (χ0n) is 19.0. The summed E-state index contributed by atoms with van der Waals surface area (Å²) in [6, 6.07) is 10.5. The van der Waals surface area contributed by atoms with E-state index >= 15 is 0 Å². The Balaban J connectivity index is 1.75. The van der Waals surface area contributed by atoms with Gasteiger partial charge in [0.15, 0.2) is 13.2 Å². The van der Waals surface area contributed by atoms with Crippen molar-refractivity contribution in [3.05, 3.63) is 54.0 Å². The molecule has 1 aliphatic rings. The van der Waals surface area contributed by atoms with Crippen LogP contribution in [-0.2, 0) is 16.1 Å². The van der Waals surface area contributed by atoms with Gasteiger partial charge in [-0.05, 0) is 55.8 Å². The van der Waals surface area contributed by atoms with Crippen LogP contribution in [0.15, 0.2) is 42.5 Å². The van der Waals surface area contributed by atoms with Crippen molar-refractivity contribution in [2.45, 2.75) is 26.3 Å². The monoisotopic (exact) mass is 488 g/mol. The number of ether oxygens (including phenoxy) is 2. The van der Waals surface area contributed by atoms with Gasteiger partial charge in [0.05, 0.1) is 17.1 Å². The van der Waals surface area contributed by atoms with Gasteiger partial charge in [0.2, 0.25) is 0 Å². The summed E-state index contributed by atoms with van der Waals surface area (Å²) in [5, 5.41) is 9.35. The van der Waals surface area contributed by atoms with Crippen LogP contribution in [0.25, 0.3) is 22.4 Å². The Morgan fingerprint density at radius 1 is 1.23 bits per heavy atom. The van der Waals surface area contributed by atoms with E-state index in [0.29, 0.717) is 39.5 Å². The molecule has 0 aliphatic carbocycles. The van der Waals surface area contributed by atoms with Gasteiger partial charge in [-0.2, -0.15) is 5.10 Å². The minimum absolute atomic E-state index is 0.0996. The Labute approximate surface area is 199 Å². The third-order valence-electron chi connectivity index (χ3n) is 5.26. The molecule has 8 nitrogen and oxygen atoms in total. The van der Waals surface area contributed by atoms with Gasteiger partial charge in [-0.1, -0.05) is 6.07 Å². The number of carbonyl (C=O) groups is 2. The van der Waals surface area contributed by atoms with Gasteiger partial charge in [-0.15, -0.1) is 0 Å². The third-order valence-corrected chi connectivity index (χ3v) is 5.26. The molecule has 4 rings (SSSR count). The molecule has 2 N–H and O–H groups in total. The van der Waals surface area contributed by atoms with Crippen molar-refractivity contribution in [3.8, 4) is 28.1 Å². The van der Waals surface area contributed by atoms with Crippen molar-refractivity contribution in [1.82, 2.24) is 15.1 Å². The molecule has 11 heteroatoms. The van der Waals surface area contributed by atoms with Crippen LogP contribution in [0, 0.1) is 12.7 Å². The number of rotatable bonds is 7. The highest BCUT2D eigenvalue weighted by Crippen LogP contribution is 2.39. The number of aryl methyl sites for hydroxylation is 1. The molecule has 184 valence electrons. The lowest BCUT2D eigenvalue weighted by molar-refractivity contribution is -0.118. The smallest absolute Gasteiger partial charge is 0.407 e. The fourth-order valence-corrected chi connectivity index (χ4v) is 3.81. The molecule has 35 heavy (non-hydrogen) atoms. The standard InChI is InChI=1S/C24H23F3N4O4/c1-3-28-23(33)35-13-24(26,27)12-31-22(15-4-7-17(25)8-5-15)21(14(2)30-31)16-6-9-19-18(10-16)29-20(32)11-34-19/h4-10H,3,11-13H2,1-2H3,(H,28,33)(H,29,32). The maximum absolute atomic E-state index is 14.8. The zero-order valence-corrected chi connectivity index (χ0v) is 19.0. The van der Waals surface area contributed by atoms with Crippen molar-refractivity contribution in [3.63, 3.8) is 0 Å². The molecule has 3 aromatic rings. The molecule has 0 atom stereocenters. The van der Waals surface area contributed by atoms with E-state index < -0.39 is 31.0 Å². The summed E-state index contributed by atoms with van der Waals surface area (Å²) in [4.78, 5) is 23.2. The maximum Gasteiger partial charge on any atom is 0.407 e. The maximum atomic E-state index is 14.8. The number of carbonyl (C=O) groups excluding carboxylic acids is 2. The molecule has 1 aliphatic heterocycles. The van der Waals surface area contributed by atoms with Crippen molar-refractivity contribution in [1.29, 1.82) is 0 Å². The first-order valence-electron chi connectivity index (χ1n) is 10.9. The Hall–Kier alpha value is -4.02. The average Bonchev–Trinajstić information content (AvgIpc) is 3.12. The number of anilines is 1. The number of fused-ring (bicyclic) bond motifs is 1. The highest BCUT2D eigenvalue weighted by atomic mass is 19.3. The quantitative estimate of drug-likeness (QED) is 0.515. The third kappa shape index (κ3) is 5.39. The van der Waals surface area contributed by atoms with Gasteiger partial charge in [0.1, 0.15) is 18.1 Å². The Kier molecular flexibility index (Phi) is 6.68. The lowest BCUT2D eigenvalue weighted by atomic mass is 9.98. The number of aromatic nitrogens is 2. The number of amides is 2. The fourth-order valence-electron chi connectivity index (χ4n) is 3.81. The molecule has 1 aromatic heterocycles. The van der Waals surface area contributed by atoms with Crippen LogP contribution in [0.5, 0.6) is 5.75 Å². The first-order chi connectivity index (χ1) is 16.7.